The summed E-state index contributed by atoms with van der Waals surface area (Å²) < 4.78 is 7.26. The number of rotatable bonds is 4. The summed E-state index contributed by atoms with van der Waals surface area (Å²) in [6.07, 6.45) is 5.83. The van der Waals surface area contributed by atoms with Crippen LogP contribution in [0.4, 0.5) is 0 Å². The van der Waals surface area contributed by atoms with E-state index >= 15 is 0 Å². The Morgan fingerprint density at radius 1 is 1.38 bits per heavy atom. The lowest BCUT2D eigenvalue weighted by atomic mass is 9.96. The zero-order valence-corrected chi connectivity index (χ0v) is 12.5. The highest BCUT2D eigenvalue weighted by atomic mass is 16.5. The molecular formula is C15H20N4O2. The molecule has 112 valence electrons. The fraction of sp³-hybridized carbons (Fsp3) is 0.533. The van der Waals surface area contributed by atoms with Crippen LogP contribution in [0.2, 0.25) is 0 Å². The summed E-state index contributed by atoms with van der Waals surface area (Å²) >= 11 is 0. The first kappa shape index (κ1) is 13.9. The Bertz CT molecular complexity index is 657. The molecule has 2 aromatic heterocycles. The maximum atomic E-state index is 12.2. The van der Waals surface area contributed by atoms with Gasteiger partial charge in [-0.05, 0) is 39.5 Å². The second-order valence-electron chi connectivity index (χ2n) is 5.51. The van der Waals surface area contributed by atoms with Crippen LogP contribution in [0.3, 0.4) is 0 Å². The van der Waals surface area contributed by atoms with Gasteiger partial charge < -0.3 is 14.4 Å². The topological polar surface area (TPSA) is 73.0 Å². The summed E-state index contributed by atoms with van der Waals surface area (Å²) in [7, 11) is 0. The van der Waals surface area contributed by atoms with Crippen molar-refractivity contribution in [3.05, 3.63) is 34.7 Å². The number of imidazole rings is 1. The predicted molar refractivity (Wildman–Crippen MR) is 77.2 cm³/mol. The van der Waals surface area contributed by atoms with E-state index in [9.17, 15) is 4.79 Å². The molecule has 0 aliphatic heterocycles. The number of aromatic nitrogens is 3. The van der Waals surface area contributed by atoms with Gasteiger partial charge in [-0.2, -0.15) is 0 Å². The molecule has 0 saturated carbocycles. The lowest BCUT2D eigenvalue weighted by Gasteiger charge is -2.10. The van der Waals surface area contributed by atoms with Gasteiger partial charge in [0.15, 0.2) is 0 Å². The van der Waals surface area contributed by atoms with E-state index in [0.29, 0.717) is 18.8 Å². The molecule has 1 amide bonds. The van der Waals surface area contributed by atoms with Crippen molar-refractivity contribution in [3.63, 3.8) is 0 Å². The number of carbonyl (C=O) groups is 1. The number of amides is 1. The van der Waals surface area contributed by atoms with Crippen LogP contribution >= 0.6 is 0 Å². The summed E-state index contributed by atoms with van der Waals surface area (Å²) in [5.41, 5.74) is 4.09. The predicted octanol–water partition coefficient (Wildman–Crippen LogP) is 1.80. The third-order valence-electron chi connectivity index (χ3n) is 4.15. The van der Waals surface area contributed by atoms with Crippen molar-refractivity contribution in [2.24, 2.45) is 0 Å². The first-order valence-corrected chi connectivity index (χ1v) is 7.40. The largest absolute Gasteiger partial charge is 0.350 e. The molecule has 21 heavy (non-hydrogen) atoms. The van der Waals surface area contributed by atoms with Gasteiger partial charge in [-0.1, -0.05) is 5.16 Å². The van der Waals surface area contributed by atoms with Crippen LogP contribution in [0.15, 0.2) is 10.9 Å². The molecule has 6 heteroatoms. The van der Waals surface area contributed by atoms with E-state index in [4.69, 9.17) is 4.52 Å². The fourth-order valence-corrected chi connectivity index (χ4v) is 2.71. The number of aryl methyl sites for hydroxylation is 2. The van der Waals surface area contributed by atoms with Crippen molar-refractivity contribution in [2.75, 3.05) is 6.54 Å². The number of fused-ring (bicyclic) bond motifs is 1. The minimum Gasteiger partial charge on any atom is -0.350 e. The van der Waals surface area contributed by atoms with Gasteiger partial charge in [0.2, 0.25) is 5.76 Å². The summed E-state index contributed by atoms with van der Waals surface area (Å²) in [4.78, 5) is 16.4. The minimum absolute atomic E-state index is 0.167. The van der Waals surface area contributed by atoms with Crippen molar-refractivity contribution in [1.29, 1.82) is 0 Å². The quantitative estimate of drug-likeness (QED) is 0.931. The molecule has 1 aliphatic rings. The average molecular weight is 288 g/mol. The lowest BCUT2D eigenvalue weighted by Crippen LogP contribution is -2.28. The standard InChI is InChI=1S/C15H20N4O2/c1-10-11(2)19(9-17-10)8-7-16-15(20)14-12-5-3-4-6-13(12)18-21-14/h9H,3-8H2,1-2H3,(H,16,20). The monoisotopic (exact) mass is 288 g/mol. The minimum atomic E-state index is -0.167. The maximum absolute atomic E-state index is 12.2. The Balaban J connectivity index is 1.59. The number of nitrogens with zero attached hydrogens (tertiary/aromatic N) is 3. The highest BCUT2D eigenvalue weighted by Gasteiger charge is 2.23. The van der Waals surface area contributed by atoms with Crippen LogP contribution in [0.5, 0.6) is 0 Å². The molecule has 0 bridgehead atoms. The zero-order valence-electron chi connectivity index (χ0n) is 12.5. The summed E-state index contributed by atoms with van der Waals surface area (Å²) in [5, 5.41) is 6.91. The van der Waals surface area contributed by atoms with Crippen molar-refractivity contribution in [3.8, 4) is 0 Å². The highest BCUT2D eigenvalue weighted by Crippen LogP contribution is 2.23. The molecule has 0 aromatic carbocycles. The van der Waals surface area contributed by atoms with Crippen molar-refractivity contribution < 1.29 is 9.32 Å². The van der Waals surface area contributed by atoms with Gasteiger partial charge >= 0.3 is 0 Å². The Kier molecular flexibility index (Phi) is 3.77. The van der Waals surface area contributed by atoms with E-state index in [0.717, 1.165) is 48.3 Å². The zero-order chi connectivity index (χ0) is 14.8. The van der Waals surface area contributed by atoms with E-state index in [1.54, 1.807) is 6.33 Å². The van der Waals surface area contributed by atoms with E-state index in [2.05, 4.69) is 15.5 Å². The second kappa shape index (κ2) is 5.71. The average Bonchev–Trinajstić information content (AvgIpc) is 3.05. The molecule has 0 radical (unpaired) electrons. The normalized spacial score (nSPS) is 14.0. The van der Waals surface area contributed by atoms with Crippen molar-refractivity contribution in [2.45, 2.75) is 46.1 Å². The molecule has 6 nitrogen and oxygen atoms in total. The third kappa shape index (κ3) is 2.70. The molecule has 2 heterocycles. The van der Waals surface area contributed by atoms with E-state index in [1.807, 2.05) is 18.4 Å². The maximum Gasteiger partial charge on any atom is 0.290 e. The Hall–Kier alpha value is -2.11. The highest BCUT2D eigenvalue weighted by molar-refractivity contribution is 5.93. The van der Waals surface area contributed by atoms with Crippen molar-refractivity contribution >= 4 is 5.91 Å². The molecule has 3 rings (SSSR count). The third-order valence-corrected chi connectivity index (χ3v) is 4.15. The van der Waals surface area contributed by atoms with Gasteiger partial charge in [-0.3, -0.25) is 4.79 Å². The van der Waals surface area contributed by atoms with Gasteiger partial charge in [0.1, 0.15) is 0 Å². The Labute approximate surface area is 123 Å². The van der Waals surface area contributed by atoms with E-state index in [-0.39, 0.29) is 5.91 Å². The summed E-state index contributed by atoms with van der Waals surface area (Å²) in [6.45, 7) is 5.25. The van der Waals surface area contributed by atoms with E-state index in [1.165, 1.54) is 0 Å². The molecule has 1 aliphatic carbocycles. The number of nitrogens with one attached hydrogen (secondary N) is 1. The van der Waals surface area contributed by atoms with Gasteiger partial charge in [-0.25, -0.2) is 4.98 Å². The van der Waals surface area contributed by atoms with Crippen LogP contribution in [0.25, 0.3) is 0 Å². The van der Waals surface area contributed by atoms with Crippen LogP contribution in [-0.4, -0.2) is 27.2 Å². The van der Waals surface area contributed by atoms with Crippen LogP contribution in [-0.2, 0) is 19.4 Å². The Morgan fingerprint density at radius 2 is 2.19 bits per heavy atom. The smallest absolute Gasteiger partial charge is 0.290 e. The first-order chi connectivity index (χ1) is 10.2. The molecule has 1 N–H and O–H groups in total. The lowest BCUT2D eigenvalue weighted by molar-refractivity contribution is 0.0914. The number of carbonyl (C=O) groups excluding carboxylic acids is 1. The summed E-state index contributed by atoms with van der Waals surface area (Å²) in [6, 6.07) is 0. The molecule has 2 aromatic rings. The first-order valence-electron chi connectivity index (χ1n) is 7.40. The Morgan fingerprint density at radius 3 is 2.95 bits per heavy atom. The molecule has 0 unspecified atom stereocenters. The number of hydrogen-bond acceptors (Lipinski definition) is 4. The van der Waals surface area contributed by atoms with Crippen LogP contribution in [0.1, 0.15) is 46.0 Å². The van der Waals surface area contributed by atoms with Crippen LogP contribution < -0.4 is 5.32 Å². The van der Waals surface area contributed by atoms with Gasteiger partial charge in [-0.15, -0.1) is 0 Å². The molecular weight excluding hydrogens is 268 g/mol. The van der Waals surface area contributed by atoms with Crippen LogP contribution in [0, 0.1) is 13.8 Å². The molecule has 0 spiro atoms. The van der Waals surface area contributed by atoms with Gasteiger partial charge in [0.25, 0.3) is 5.91 Å². The van der Waals surface area contributed by atoms with Gasteiger partial charge in [0, 0.05) is 24.3 Å². The molecule has 0 saturated heterocycles. The number of hydrogen-bond donors (Lipinski definition) is 1. The second-order valence-corrected chi connectivity index (χ2v) is 5.51. The fourth-order valence-electron chi connectivity index (χ4n) is 2.71. The van der Waals surface area contributed by atoms with E-state index < -0.39 is 0 Å². The molecule has 0 fully saturated rings. The van der Waals surface area contributed by atoms with Gasteiger partial charge in [0.05, 0.1) is 17.7 Å². The van der Waals surface area contributed by atoms with Crippen molar-refractivity contribution in [1.82, 2.24) is 20.0 Å². The summed E-state index contributed by atoms with van der Waals surface area (Å²) in [5.74, 6) is 0.225. The SMILES string of the molecule is Cc1ncn(CCNC(=O)c2onc3c2CCCC3)c1C. The molecule has 0 atom stereocenters.